The molecule has 0 aromatic carbocycles. The fraction of sp³-hybridized carbons (Fsp3) is 0.969. The summed E-state index contributed by atoms with van der Waals surface area (Å²) in [5, 5.41) is 157. The molecular formula is C32H58N2O24. The summed E-state index contributed by atoms with van der Waals surface area (Å²) in [5.41, 5.74) is 5.28. The van der Waals surface area contributed by atoms with Gasteiger partial charge in [0.25, 0.3) is 0 Å². The molecule has 0 aromatic rings. The number of carbonyl (C=O) groups is 1. The summed E-state index contributed by atoms with van der Waals surface area (Å²) in [6.45, 7) is -2.78. The van der Waals surface area contributed by atoms with E-state index in [0.29, 0.717) is 25.7 Å². The van der Waals surface area contributed by atoms with Gasteiger partial charge >= 0.3 is 5.97 Å². The van der Waals surface area contributed by atoms with Gasteiger partial charge in [-0.15, -0.1) is 0 Å². The zero-order valence-corrected chi connectivity index (χ0v) is 31.0. The molecule has 4 aliphatic heterocycles. The smallest absolute Gasteiger partial charge is 0.335 e. The molecule has 0 bridgehead atoms. The maximum atomic E-state index is 11.5. The van der Waals surface area contributed by atoms with Crippen LogP contribution < -0.4 is 11.1 Å². The van der Waals surface area contributed by atoms with E-state index in [1.54, 1.807) is 0 Å². The van der Waals surface area contributed by atoms with Crippen LogP contribution >= 0.6 is 0 Å². The Morgan fingerprint density at radius 2 is 0.966 bits per heavy atom. The van der Waals surface area contributed by atoms with Crippen molar-refractivity contribution in [2.45, 2.75) is 161 Å². The summed E-state index contributed by atoms with van der Waals surface area (Å²) >= 11 is 0. The van der Waals surface area contributed by atoms with E-state index in [-0.39, 0.29) is 13.2 Å². The first-order chi connectivity index (χ1) is 27.4. The molecule has 18 N–H and O–H groups in total. The molecule has 0 amide bonds. The molecule has 4 rings (SSSR count). The van der Waals surface area contributed by atoms with E-state index < -0.39 is 161 Å². The molecule has 4 heterocycles. The SMILES string of the molecule is NC(O)CCCCC(O)NCCO[C@H]1OC(CO)[C@H](O[C@H]2OC(CO)[C@@H](O[C@@H]3OC(CO)[C@@H](O[C@@H]4OC(C(=O)O)[C@@H](O)C(O)C4O)C(O)C3O)C(O)C2O)C(O)C1O. The summed E-state index contributed by atoms with van der Waals surface area (Å²) in [5.74, 6) is -1.73. The molecule has 0 spiro atoms. The highest BCUT2D eigenvalue weighted by molar-refractivity contribution is 5.73. The van der Waals surface area contributed by atoms with E-state index in [0.717, 1.165) is 0 Å². The first-order valence-electron chi connectivity index (χ1n) is 18.7. The van der Waals surface area contributed by atoms with Crippen molar-refractivity contribution in [3.05, 3.63) is 0 Å². The van der Waals surface area contributed by atoms with Crippen LogP contribution in [0.15, 0.2) is 0 Å². The van der Waals surface area contributed by atoms with Gasteiger partial charge in [-0.1, -0.05) is 0 Å². The van der Waals surface area contributed by atoms with Crippen molar-refractivity contribution in [2.75, 3.05) is 33.0 Å². The van der Waals surface area contributed by atoms with Crippen molar-refractivity contribution in [1.29, 1.82) is 0 Å². The number of carboxylic acids is 1. The molecule has 4 aliphatic rings. The van der Waals surface area contributed by atoms with Gasteiger partial charge in [-0.3, -0.25) is 5.32 Å². The van der Waals surface area contributed by atoms with Crippen molar-refractivity contribution >= 4 is 5.97 Å². The van der Waals surface area contributed by atoms with Gasteiger partial charge in [0.1, 0.15) is 104 Å². The Hall–Kier alpha value is -1.49. The average Bonchev–Trinajstić information content (AvgIpc) is 3.19. The summed E-state index contributed by atoms with van der Waals surface area (Å²) < 4.78 is 43.9. The largest absolute Gasteiger partial charge is 0.479 e. The highest BCUT2D eigenvalue weighted by Crippen LogP contribution is 2.34. The van der Waals surface area contributed by atoms with Gasteiger partial charge in [0.2, 0.25) is 0 Å². The lowest BCUT2D eigenvalue weighted by molar-refractivity contribution is -0.387. The van der Waals surface area contributed by atoms with Gasteiger partial charge in [0, 0.05) is 6.54 Å². The fourth-order valence-corrected chi connectivity index (χ4v) is 6.85. The second-order valence-corrected chi connectivity index (χ2v) is 14.3. The Morgan fingerprint density at radius 3 is 1.40 bits per heavy atom. The maximum absolute atomic E-state index is 11.5. The summed E-state index contributed by atoms with van der Waals surface area (Å²) in [6, 6.07) is 0. The van der Waals surface area contributed by atoms with Gasteiger partial charge in [-0.2, -0.15) is 0 Å². The number of aliphatic hydroxyl groups excluding tert-OH is 14. The summed E-state index contributed by atoms with van der Waals surface area (Å²) in [4.78, 5) is 11.5. The number of hydrogen-bond donors (Lipinski definition) is 17. The number of hydrogen-bond acceptors (Lipinski definition) is 25. The quantitative estimate of drug-likeness (QED) is 0.0399. The second-order valence-electron chi connectivity index (χ2n) is 14.3. The minimum atomic E-state index is -2.11. The van der Waals surface area contributed by atoms with Crippen LogP contribution in [0.3, 0.4) is 0 Å². The van der Waals surface area contributed by atoms with E-state index in [4.69, 9.17) is 48.7 Å². The Kier molecular flexibility index (Phi) is 19.1. The number of nitrogens with one attached hydrogen (secondary N) is 1. The molecule has 0 aliphatic carbocycles. The average molecular weight is 855 g/mol. The van der Waals surface area contributed by atoms with Crippen LogP contribution in [0.25, 0.3) is 0 Å². The number of nitrogens with two attached hydrogens (primary N) is 1. The number of unbranched alkanes of at least 4 members (excludes halogenated alkanes) is 1. The lowest BCUT2D eigenvalue weighted by atomic mass is 9.95. The third-order valence-electron chi connectivity index (χ3n) is 10.1. The number of aliphatic carboxylic acids is 1. The lowest BCUT2D eigenvalue weighted by Crippen LogP contribution is -2.67. The molecule has 26 heteroatoms. The Balaban J connectivity index is 1.33. The van der Waals surface area contributed by atoms with E-state index in [1.807, 2.05) is 0 Å². The molecule has 0 saturated carbocycles. The predicted octanol–water partition coefficient (Wildman–Crippen LogP) is -9.89. The van der Waals surface area contributed by atoms with Crippen LogP contribution in [0, 0.1) is 0 Å². The minimum absolute atomic E-state index is 0.0844. The van der Waals surface area contributed by atoms with Gasteiger partial charge in [-0.05, 0) is 25.7 Å². The number of rotatable bonds is 20. The highest BCUT2D eigenvalue weighted by atomic mass is 16.8. The standard InChI is InChI=1S/C32H58N2O24/c33-13(38)3-1-2-4-14(39)34-5-6-51-29-21(46)17(42)24(10(7-35)52-29)55-30-22(47)18(43)25(11(8-36)53-30)56-31-23(48)19(44)26(12(9-37)54-31)57-32-20(45)15(40)16(41)27(58-32)28(49)50/h10-27,29-32,34-48H,1-9,33H2,(H,49,50)/t10?,11?,12?,13?,14?,15?,16-,17?,18?,19?,20?,21?,22?,23?,24-,25+,26+,27?,29-,30+,31-,32+/m0/s1. The molecule has 0 aromatic heterocycles. The normalized spacial score (nSPS) is 44.8. The van der Waals surface area contributed by atoms with Crippen molar-refractivity contribution < 1.29 is 119 Å². The van der Waals surface area contributed by atoms with Gasteiger partial charge < -0.3 is 120 Å². The van der Waals surface area contributed by atoms with Crippen LogP contribution in [-0.2, 0) is 42.7 Å². The van der Waals surface area contributed by atoms with Crippen molar-refractivity contribution in [3.8, 4) is 0 Å². The fourth-order valence-electron chi connectivity index (χ4n) is 6.85. The van der Waals surface area contributed by atoms with Crippen LogP contribution in [0.4, 0.5) is 0 Å². The maximum Gasteiger partial charge on any atom is 0.335 e. The van der Waals surface area contributed by atoms with Crippen LogP contribution in [-0.4, -0.2) is 251 Å². The summed E-state index contributed by atoms with van der Waals surface area (Å²) in [7, 11) is 0. The highest BCUT2D eigenvalue weighted by Gasteiger charge is 2.55. The Labute approximate surface area is 330 Å². The van der Waals surface area contributed by atoms with Crippen LogP contribution in [0.5, 0.6) is 0 Å². The second kappa shape index (κ2) is 22.6. The van der Waals surface area contributed by atoms with Crippen molar-refractivity contribution in [2.24, 2.45) is 5.73 Å². The van der Waals surface area contributed by atoms with E-state index in [9.17, 15) is 76.3 Å². The molecule has 0 radical (unpaired) electrons. The van der Waals surface area contributed by atoms with Crippen LogP contribution in [0.1, 0.15) is 25.7 Å². The van der Waals surface area contributed by atoms with Gasteiger partial charge in [0.15, 0.2) is 31.3 Å². The first-order valence-corrected chi connectivity index (χ1v) is 18.7. The third kappa shape index (κ3) is 11.9. The Bertz CT molecular complexity index is 1220. The molecule has 4 fully saturated rings. The molecule has 340 valence electrons. The predicted molar refractivity (Wildman–Crippen MR) is 181 cm³/mol. The minimum Gasteiger partial charge on any atom is -0.479 e. The van der Waals surface area contributed by atoms with Crippen molar-refractivity contribution in [1.82, 2.24) is 5.32 Å². The Morgan fingerprint density at radius 1 is 0.569 bits per heavy atom. The van der Waals surface area contributed by atoms with E-state index in [1.165, 1.54) is 0 Å². The molecule has 14 unspecified atom stereocenters. The third-order valence-corrected chi connectivity index (χ3v) is 10.1. The lowest BCUT2D eigenvalue weighted by Gasteiger charge is -2.49. The topological polar surface area (TPSA) is 432 Å². The number of carboxylic acid groups (broad SMARTS) is 1. The zero-order chi connectivity index (χ0) is 43.0. The molecule has 58 heavy (non-hydrogen) atoms. The molecule has 26 nitrogen and oxygen atoms in total. The van der Waals surface area contributed by atoms with E-state index in [2.05, 4.69) is 5.32 Å². The monoisotopic (exact) mass is 854 g/mol. The summed E-state index contributed by atoms with van der Waals surface area (Å²) in [6.07, 6.45) is -37.4. The first kappa shape index (κ1) is 49.2. The number of ether oxygens (including phenoxy) is 8. The molecular weight excluding hydrogens is 796 g/mol. The van der Waals surface area contributed by atoms with Crippen LogP contribution in [0.2, 0.25) is 0 Å². The van der Waals surface area contributed by atoms with E-state index >= 15 is 0 Å². The van der Waals surface area contributed by atoms with Crippen molar-refractivity contribution in [3.63, 3.8) is 0 Å². The molecule has 22 atom stereocenters. The number of aliphatic hydroxyl groups is 14. The van der Waals surface area contributed by atoms with Gasteiger partial charge in [0.05, 0.1) is 26.4 Å². The molecule has 4 saturated heterocycles. The van der Waals surface area contributed by atoms with Gasteiger partial charge in [-0.25, -0.2) is 4.79 Å². The zero-order valence-electron chi connectivity index (χ0n) is 31.0.